The number of rotatable bonds is 7. The first-order valence-corrected chi connectivity index (χ1v) is 10.8. The smallest absolute Gasteiger partial charge is 0.417 e. The monoisotopic (exact) mass is 490 g/mol. The summed E-state index contributed by atoms with van der Waals surface area (Å²) in [4.78, 5) is 29.1. The molecule has 0 saturated carbocycles. The van der Waals surface area contributed by atoms with Crippen molar-refractivity contribution < 1.29 is 32.2 Å². The molecule has 11 heteroatoms. The molecule has 1 saturated heterocycles. The second-order valence-electron chi connectivity index (χ2n) is 7.81. The van der Waals surface area contributed by atoms with Crippen LogP contribution in [0, 0.1) is 11.3 Å². The van der Waals surface area contributed by atoms with Gasteiger partial charge in [0, 0.05) is 38.0 Å². The third kappa shape index (κ3) is 6.02. The highest BCUT2D eigenvalue weighted by Crippen LogP contribution is 2.35. The van der Waals surface area contributed by atoms with E-state index >= 15 is 0 Å². The fraction of sp³-hybridized carbons (Fsp3) is 0.375. The number of ether oxygens (including phenoxy) is 2. The summed E-state index contributed by atoms with van der Waals surface area (Å²) in [6, 6.07) is 10.5. The van der Waals surface area contributed by atoms with Crippen molar-refractivity contribution in [2.24, 2.45) is 0 Å². The molecule has 1 aliphatic rings. The lowest BCUT2D eigenvalue weighted by molar-refractivity contribution is -0.137. The van der Waals surface area contributed by atoms with Crippen molar-refractivity contribution in [1.29, 1.82) is 5.26 Å². The first-order valence-electron chi connectivity index (χ1n) is 10.8. The Kier molecular flexibility index (Phi) is 8.19. The molecule has 35 heavy (non-hydrogen) atoms. The third-order valence-electron chi connectivity index (χ3n) is 5.67. The summed E-state index contributed by atoms with van der Waals surface area (Å²) in [6.07, 6.45) is -4.73. The number of nitrogens with zero attached hydrogens (tertiary/aromatic N) is 3. The van der Waals surface area contributed by atoms with Gasteiger partial charge in [-0.05, 0) is 42.5 Å². The minimum Gasteiger partial charge on any atom is -0.497 e. The number of amides is 2. The Labute approximate surface area is 200 Å². The molecule has 0 aliphatic carbocycles. The first kappa shape index (κ1) is 25.8. The lowest BCUT2D eigenvalue weighted by atomic mass is 10.0. The van der Waals surface area contributed by atoms with Gasteiger partial charge in [-0.3, -0.25) is 9.59 Å². The van der Waals surface area contributed by atoms with Gasteiger partial charge in [0.1, 0.15) is 11.8 Å². The minimum absolute atomic E-state index is 0.0367. The van der Waals surface area contributed by atoms with Gasteiger partial charge in [0.05, 0.1) is 37.5 Å². The van der Waals surface area contributed by atoms with E-state index in [2.05, 4.69) is 5.32 Å². The second-order valence-corrected chi connectivity index (χ2v) is 7.81. The standard InChI is InChI=1S/C24H25F3N4O4/c1-34-12-9-29-22(32)21-15-30(23(33)16-4-7-19(35-2)8-5-16)10-11-31(21)18-6-3-17(14-28)20(13-18)24(25,26)27/h3-8,13,21H,9-12,15H2,1-2H3,(H,29,32). The van der Waals surface area contributed by atoms with Gasteiger partial charge in [0.15, 0.2) is 0 Å². The van der Waals surface area contributed by atoms with Crippen molar-refractivity contribution in [1.82, 2.24) is 10.2 Å². The van der Waals surface area contributed by atoms with Crippen molar-refractivity contribution >= 4 is 17.5 Å². The van der Waals surface area contributed by atoms with E-state index < -0.39 is 29.3 Å². The number of alkyl halides is 3. The number of nitriles is 1. The van der Waals surface area contributed by atoms with Crippen molar-refractivity contribution in [2.75, 3.05) is 51.9 Å². The second kappa shape index (κ2) is 11.1. The van der Waals surface area contributed by atoms with Crippen LogP contribution in [-0.4, -0.2) is 69.8 Å². The van der Waals surface area contributed by atoms with Crippen molar-refractivity contribution in [2.45, 2.75) is 12.2 Å². The zero-order valence-corrected chi connectivity index (χ0v) is 19.3. The number of carbonyl (C=O) groups excluding carboxylic acids is 2. The van der Waals surface area contributed by atoms with Crippen LogP contribution in [0.15, 0.2) is 42.5 Å². The number of hydrogen-bond donors (Lipinski definition) is 1. The maximum absolute atomic E-state index is 13.5. The fourth-order valence-electron chi connectivity index (χ4n) is 3.85. The summed E-state index contributed by atoms with van der Waals surface area (Å²) in [6.45, 7) is 0.724. The van der Waals surface area contributed by atoms with E-state index in [0.29, 0.717) is 11.3 Å². The molecule has 0 spiro atoms. The summed E-state index contributed by atoms with van der Waals surface area (Å²) < 4.78 is 50.6. The molecule has 1 unspecified atom stereocenters. The zero-order valence-electron chi connectivity index (χ0n) is 19.3. The van der Waals surface area contributed by atoms with Crippen LogP contribution in [0.4, 0.5) is 18.9 Å². The van der Waals surface area contributed by atoms with Gasteiger partial charge >= 0.3 is 6.18 Å². The van der Waals surface area contributed by atoms with Gasteiger partial charge in [-0.25, -0.2) is 0 Å². The predicted octanol–water partition coefficient (Wildman–Crippen LogP) is 2.68. The highest BCUT2D eigenvalue weighted by atomic mass is 19.4. The lowest BCUT2D eigenvalue weighted by Gasteiger charge is -2.42. The number of nitrogens with one attached hydrogen (secondary N) is 1. The van der Waals surface area contributed by atoms with E-state index in [9.17, 15) is 22.8 Å². The molecule has 1 N–H and O–H groups in total. The number of halogens is 3. The Hall–Kier alpha value is -3.78. The van der Waals surface area contributed by atoms with E-state index in [1.54, 1.807) is 30.3 Å². The van der Waals surface area contributed by atoms with E-state index in [1.807, 2.05) is 0 Å². The van der Waals surface area contributed by atoms with Crippen molar-refractivity contribution in [3.63, 3.8) is 0 Å². The Morgan fingerprint density at radius 1 is 1.14 bits per heavy atom. The van der Waals surface area contributed by atoms with Crippen LogP contribution in [0.2, 0.25) is 0 Å². The largest absolute Gasteiger partial charge is 0.497 e. The molecule has 0 aromatic heterocycles. The van der Waals surface area contributed by atoms with Crippen LogP contribution in [0.5, 0.6) is 5.75 Å². The minimum atomic E-state index is -4.73. The van der Waals surface area contributed by atoms with Gasteiger partial charge in [-0.1, -0.05) is 0 Å². The Balaban J connectivity index is 1.90. The van der Waals surface area contributed by atoms with E-state index in [1.165, 1.54) is 30.1 Å². The SMILES string of the molecule is COCCNC(=O)C1CN(C(=O)c2ccc(OC)cc2)CCN1c1ccc(C#N)c(C(F)(F)F)c1. The Morgan fingerprint density at radius 2 is 1.86 bits per heavy atom. The number of anilines is 1. The zero-order chi connectivity index (χ0) is 25.6. The molecule has 2 amide bonds. The van der Waals surface area contributed by atoms with Crippen LogP contribution < -0.4 is 15.0 Å². The van der Waals surface area contributed by atoms with Crippen LogP contribution in [0.1, 0.15) is 21.5 Å². The molecule has 186 valence electrons. The van der Waals surface area contributed by atoms with E-state index in [-0.39, 0.29) is 44.4 Å². The van der Waals surface area contributed by atoms with Gasteiger partial charge in [-0.2, -0.15) is 18.4 Å². The Morgan fingerprint density at radius 3 is 2.46 bits per heavy atom. The topological polar surface area (TPSA) is 94.9 Å². The molecule has 8 nitrogen and oxygen atoms in total. The molecule has 1 aliphatic heterocycles. The fourth-order valence-corrected chi connectivity index (χ4v) is 3.85. The lowest BCUT2D eigenvalue weighted by Crippen LogP contribution is -2.60. The molecule has 2 aromatic carbocycles. The van der Waals surface area contributed by atoms with Crippen LogP contribution in [0.3, 0.4) is 0 Å². The summed E-state index contributed by atoms with van der Waals surface area (Å²) >= 11 is 0. The molecular formula is C24H25F3N4O4. The van der Waals surface area contributed by atoms with Crippen LogP contribution in [-0.2, 0) is 15.7 Å². The van der Waals surface area contributed by atoms with Gasteiger partial charge in [0.25, 0.3) is 5.91 Å². The maximum atomic E-state index is 13.5. The summed E-state index contributed by atoms with van der Waals surface area (Å²) in [7, 11) is 2.99. The van der Waals surface area contributed by atoms with Gasteiger partial charge < -0.3 is 24.6 Å². The molecule has 0 bridgehead atoms. The predicted molar refractivity (Wildman–Crippen MR) is 121 cm³/mol. The molecule has 1 heterocycles. The summed E-state index contributed by atoms with van der Waals surface area (Å²) in [5, 5.41) is 11.8. The van der Waals surface area contributed by atoms with Crippen LogP contribution >= 0.6 is 0 Å². The summed E-state index contributed by atoms with van der Waals surface area (Å²) in [5.74, 6) is -0.173. The average molecular weight is 490 g/mol. The quantitative estimate of drug-likeness (QED) is 0.600. The van der Waals surface area contributed by atoms with Gasteiger partial charge in [-0.15, -0.1) is 0 Å². The van der Waals surface area contributed by atoms with Crippen LogP contribution in [0.25, 0.3) is 0 Å². The third-order valence-corrected chi connectivity index (χ3v) is 5.67. The number of piperazine rings is 1. The maximum Gasteiger partial charge on any atom is 0.417 e. The van der Waals surface area contributed by atoms with E-state index in [0.717, 1.165) is 12.1 Å². The molecule has 3 rings (SSSR count). The number of methoxy groups -OCH3 is 2. The average Bonchev–Trinajstić information content (AvgIpc) is 2.87. The molecular weight excluding hydrogens is 465 g/mol. The highest BCUT2D eigenvalue weighted by Gasteiger charge is 2.38. The van der Waals surface area contributed by atoms with Crippen molar-refractivity contribution in [3.8, 4) is 11.8 Å². The molecule has 1 atom stereocenters. The van der Waals surface area contributed by atoms with Crippen molar-refractivity contribution in [3.05, 3.63) is 59.2 Å². The van der Waals surface area contributed by atoms with E-state index in [4.69, 9.17) is 14.7 Å². The number of carbonyl (C=O) groups is 2. The number of hydrogen-bond acceptors (Lipinski definition) is 6. The summed E-state index contributed by atoms with van der Waals surface area (Å²) in [5.41, 5.74) is -1.04. The highest BCUT2D eigenvalue weighted by molar-refractivity contribution is 5.95. The normalized spacial score (nSPS) is 15.9. The first-order chi connectivity index (χ1) is 16.7. The molecule has 0 radical (unpaired) electrons. The number of benzene rings is 2. The Bertz CT molecular complexity index is 1100. The molecule has 2 aromatic rings. The van der Waals surface area contributed by atoms with Gasteiger partial charge in [0.2, 0.25) is 5.91 Å². The molecule has 1 fully saturated rings.